The number of carbonyl (C=O) groups is 2. The molecular weight excluding hydrogens is 244 g/mol. The van der Waals surface area contributed by atoms with Crippen LogP contribution in [0.4, 0.5) is 0 Å². The molecular formula is C14H24N2O3. The third-order valence-corrected chi connectivity index (χ3v) is 4.26. The molecule has 1 heterocycles. The second-order valence-electron chi connectivity index (χ2n) is 5.96. The van der Waals surface area contributed by atoms with E-state index in [0.29, 0.717) is 13.2 Å². The van der Waals surface area contributed by atoms with Crippen LogP contribution in [0.1, 0.15) is 39.5 Å². The highest BCUT2D eigenvalue weighted by molar-refractivity contribution is 6.00. The highest BCUT2D eigenvalue weighted by Gasteiger charge is 2.52. The van der Waals surface area contributed by atoms with E-state index in [-0.39, 0.29) is 23.8 Å². The summed E-state index contributed by atoms with van der Waals surface area (Å²) in [5.74, 6) is 0.188. The lowest BCUT2D eigenvalue weighted by atomic mass is 9.87. The fraction of sp³-hybridized carbons (Fsp3) is 0.857. The Bertz CT molecular complexity index is 362. The van der Waals surface area contributed by atoms with Gasteiger partial charge in [0.1, 0.15) is 11.6 Å². The van der Waals surface area contributed by atoms with E-state index in [4.69, 9.17) is 4.74 Å². The number of methoxy groups -OCH3 is 1. The quantitative estimate of drug-likeness (QED) is 0.825. The van der Waals surface area contributed by atoms with Crippen LogP contribution < -0.4 is 5.32 Å². The van der Waals surface area contributed by atoms with E-state index in [1.807, 2.05) is 13.8 Å². The Balaban J connectivity index is 2.25. The molecule has 0 bridgehead atoms. The van der Waals surface area contributed by atoms with Gasteiger partial charge in [0.25, 0.3) is 0 Å². The molecule has 0 aromatic rings. The fourth-order valence-corrected chi connectivity index (χ4v) is 3.32. The van der Waals surface area contributed by atoms with Crippen LogP contribution in [0, 0.1) is 5.92 Å². The van der Waals surface area contributed by atoms with Crippen molar-refractivity contribution in [1.82, 2.24) is 10.2 Å². The first kappa shape index (κ1) is 14.3. The molecule has 1 saturated carbocycles. The molecule has 2 aliphatic rings. The van der Waals surface area contributed by atoms with Crippen LogP contribution in [-0.4, -0.2) is 48.6 Å². The molecule has 0 aromatic carbocycles. The summed E-state index contributed by atoms with van der Waals surface area (Å²) in [5.41, 5.74) is -0.629. The Kier molecular flexibility index (Phi) is 4.13. The summed E-state index contributed by atoms with van der Waals surface area (Å²) < 4.78 is 5.08. The Hall–Kier alpha value is -1.10. The molecule has 2 rings (SSSR count). The number of nitrogens with one attached hydrogen (secondary N) is 1. The van der Waals surface area contributed by atoms with Crippen molar-refractivity contribution in [1.29, 1.82) is 0 Å². The highest BCUT2D eigenvalue weighted by Crippen LogP contribution is 2.35. The van der Waals surface area contributed by atoms with Crippen LogP contribution in [0.25, 0.3) is 0 Å². The van der Waals surface area contributed by atoms with Crippen molar-refractivity contribution < 1.29 is 14.3 Å². The maximum Gasteiger partial charge on any atom is 0.249 e. The normalized spacial score (nSPS) is 26.3. The van der Waals surface area contributed by atoms with E-state index in [1.165, 1.54) is 0 Å². The smallest absolute Gasteiger partial charge is 0.249 e. The SMILES string of the molecule is COCCN1C(=O)C2(CCCC2)NC(=O)C1C(C)C. The van der Waals surface area contributed by atoms with Gasteiger partial charge in [-0.2, -0.15) is 0 Å². The van der Waals surface area contributed by atoms with Gasteiger partial charge in [-0.3, -0.25) is 9.59 Å². The molecule has 1 spiro atoms. The van der Waals surface area contributed by atoms with Crippen molar-refractivity contribution >= 4 is 11.8 Å². The van der Waals surface area contributed by atoms with Crippen LogP contribution in [-0.2, 0) is 14.3 Å². The number of ether oxygens (including phenoxy) is 1. The third kappa shape index (κ3) is 2.48. The van der Waals surface area contributed by atoms with Gasteiger partial charge in [-0.05, 0) is 18.8 Å². The lowest BCUT2D eigenvalue weighted by Crippen LogP contribution is -2.70. The molecule has 1 unspecified atom stereocenters. The molecule has 0 aromatic heterocycles. The molecule has 1 aliphatic carbocycles. The highest BCUT2D eigenvalue weighted by atomic mass is 16.5. The Morgan fingerprint density at radius 1 is 1.37 bits per heavy atom. The maximum atomic E-state index is 12.8. The van der Waals surface area contributed by atoms with Crippen LogP contribution in [0.2, 0.25) is 0 Å². The molecule has 108 valence electrons. The topological polar surface area (TPSA) is 58.6 Å². The summed E-state index contributed by atoms with van der Waals surface area (Å²) in [6.45, 7) is 4.92. The number of hydrogen-bond donors (Lipinski definition) is 1. The molecule has 1 N–H and O–H groups in total. The number of piperazine rings is 1. The minimum absolute atomic E-state index is 0.00685. The van der Waals surface area contributed by atoms with Gasteiger partial charge in [-0.1, -0.05) is 26.7 Å². The van der Waals surface area contributed by atoms with E-state index in [1.54, 1.807) is 12.0 Å². The van der Waals surface area contributed by atoms with Gasteiger partial charge in [-0.15, -0.1) is 0 Å². The van der Waals surface area contributed by atoms with Crippen molar-refractivity contribution in [3.05, 3.63) is 0 Å². The van der Waals surface area contributed by atoms with Crippen molar-refractivity contribution in [2.45, 2.75) is 51.1 Å². The van der Waals surface area contributed by atoms with Gasteiger partial charge in [0, 0.05) is 13.7 Å². The lowest BCUT2D eigenvalue weighted by molar-refractivity contribution is -0.157. The summed E-state index contributed by atoms with van der Waals surface area (Å²) >= 11 is 0. The standard InChI is InChI=1S/C14H24N2O3/c1-10(2)11-12(17)15-14(6-4-5-7-14)13(18)16(11)8-9-19-3/h10-11H,4-9H2,1-3H3,(H,15,17). The van der Waals surface area contributed by atoms with Crippen molar-refractivity contribution in [3.63, 3.8) is 0 Å². The summed E-state index contributed by atoms with van der Waals surface area (Å²) in [7, 11) is 1.62. The number of rotatable bonds is 4. The van der Waals surface area contributed by atoms with Gasteiger partial charge >= 0.3 is 0 Å². The molecule has 2 fully saturated rings. The number of hydrogen-bond acceptors (Lipinski definition) is 3. The van der Waals surface area contributed by atoms with E-state index < -0.39 is 5.54 Å². The second-order valence-corrected chi connectivity index (χ2v) is 5.96. The monoisotopic (exact) mass is 268 g/mol. The van der Waals surface area contributed by atoms with Crippen LogP contribution >= 0.6 is 0 Å². The summed E-state index contributed by atoms with van der Waals surface area (Å²) in [6, 6.07) is -0.367. The number of carbonyl (C=O) groups excluding carboxylic acids is 2. The predicted molar refractivity (Wildman–Crippen MR) is 71.6 cm³/mol. The van der Waals surface area contributed by atoms with E-state index in [0.717, 1.165) is 25.7 Å². The van der Waals surface area contributed by atoms with E-state index in [9.17, 15) is 9.59 Å². The molecule has 1 aliphatic heterocycles. The minimum atomic E-state index is -0.629. The Morgan fingerprint density at radius 2 is 2.00 bits per heavy atom. The average molecular weight is 268 g/mol. The van der Waals surface area contributed by atoms with Gasteiger partial charge in [-0.25, -0.2) is 0 Å². The van der Waals surface area contributed by atoms with Gasteiger partial charge in [0.05, 0.1) is 6.61 Å². The zero-order valence-electron chi connectivity index (χ0n) is 12.1. The summed E-state index contributed by atoms with van der Waals surface area (Å²) in [6.07, 6.45) is 3.56. The second kappa shape index (κ2) is 5.49. The predicted octanol–water partition coefficient (Wildman–Crippen LogP) is 0.929. The van der Waals surface area contributed by atoms with Crippen molar-refractivity contribution in [2.24, 2.45) is 5.92 Å². The fourth-order valence-electron chi connectivity index (χ4n) is 3.32. The lowest BCUT2D eigenvalue weighted by Gasteiger charge is -2.45. The largest absolute Gasteiger partial charge is 0.383 e. The van der Waals surface area contributed by atoms with Crippen LogP contribution in [0.5, 0.6) is 0 Å². The molecule has 1 atom stereocenters. The molecule has 2 amide bonds. The van der Waals surface area contributed by atoms with Crippen molar-refractivity contribution in [2.75, 3.05) is 20.3 Å². The van der Waals surface area contributed by atoms with Crippen LogP contribution in [0.3, 0.4) is 0 Å². The molecule has 0 radical (unpaired) electrons. The molecule has 5 heteroatoms. The first-order chi connectivity index (χ1) is 9.02. The third-order valence-electron chi connectivity index (χ3n) is 4.26. The van der Waals surface area contributed by atoms with E-state index in [2.05, 4.69) is 5.32 Å². The molecule has 1 saturated heterocycles. The zero-order valence-corrected chi connectivity index (χ0v) is 12.1. The summed E-state index contributed by atoms with van der Waals surface area (Å²) in [4.78, 5) is 26.9. The Morgan fingerprint density at radius 3 is 2.53 bits per heavy atom. The first-order valence-corrected chi connectivity index (χ1v) is 7.14. The molecule has 5 nitrogen and oxygen atoms in total. The summed E-state index contributed by atoms with van der Waals surface area (Å²) in [5, 5.41) is 3.01. The first-order valence-electron chi connectivity index (χ1n) is 7.14. The van der Waals surface area contributed by atoms with E-state index >= 15 is 0 Å². The number of nitrogens with zero attached hydrogens (tertiary/aromatic N) is 1. The number of amides is 2. The van der Waals surface area contributed by atoms with Gasteiger partial charge in [0.2, 0.25) is 11.8 Å². The van der Waals surface area contributed by atoms with Crippen LogP contribution in [0.15, 0.2) is 0 Å². The zero-order chi connectivity index (χ0) is 14.0. The molecule has 19 heavy (non-hydrogen) atoms. The van der Waals surface area contributed by atoms with Gasteiger partial charge < -0.3 is 15.0 Å². The minimum Gasteiger partial charge on any atom is -0.383 e. The Labute approximate surface area is 114 Å². The van der Waals surface area contributed by atoms with Crippen molar-refractivity contribution in [3.8, 4) is 0 Å². The maximum absolute atomic E-state index is 12.8. The van der Waals surface area contributed by atoms with Gasteiger partial charge in [0.15, 0.2) is 0 Å². The average Bonchev–Trinajstić information content (AvgIpc) is 2.80.